The lowest BCUT2D eigenvalue weighted by molar-refractivity contribution is -0.119. The van der Waals surface area contributed by atoms with E-state index in [2.05, 4.69) is 42.5 Å². The summed E-state index contributed by atoms with van der Waals surface area (Å²) in [7, 11) is 0. The van der Waals surface area contributed by atoms with Gasteiger partial charge in [-0.3, -0.25) is 9.59 Å². The Labute approximate surface area is 118 Å². The molecule has 0 saturated heterocycles. The quantitative estimate of drug-likeness (QED) is 0.439. The largest absolute Gasteiger partial charge is 0.381 e. The van der Waals surface area contributed by atoms with Gasteiger partial charge in [0.2, 0.25) is 11.8 Å². The Kier molecular flexibility index (Phi) is 12.2. The van der Waals surface area contributed by atoms with Gasteiger partial charge in [0.1, 0.15) is 0 Å². The van der Waals surface area contributed by atoms with Gasteiger partial charge in [0.25, 0.3) is 0 Å². The summed E-state index contributed by atoms with van der Waals surface area (Å²) in [5, 5.41) is 6.13. The summed E-state index contributed by atoms with van der Waals surface area (Å²) in [5.74, 6) is -0.0232. The summed E-state index contributed by atoms with van der Waals surface area (Å²) in [6.07, 6.45) is 1.60. The van der Waals surface area contributed by atoms with E-state index < -0.39 is 0 Å². The first-order valence-corrected chi connectivity index (χ1v) is 7.68. The van der Waals surface area contributed by atoms with Crippen LogP contribution in [0.15, 0.2) is 0 Å². The molecule has 0 fully saturated rings. The number of carbonyl (C=O) groups is 2. The van der Waals surface area contributed by atoms with Crippen molar-refractivity contribution >= 4 is 43.7 Å². The van der Waals surface area contributed by atoms with E-state index in [-0.39, 0.29) is 11.8 Å². The number of rotatable bonds is 10. The Morgan fingerprint density at radius 3 is 1.65 bits per heavy atom. The molecule has 0 saturated carbocycles. The van der Waals surface area contributed by atoms with Gasteiger partial charge in [-0.05, 0) is 12.8 Å². The molecule has 2 N–H and O–H groups in total. The second kappa shape index (κ2) is 12.3. The zero-order valence-electron chi connectivity index (χ0n) is 9.64. The van der Waals surface area contributed by atoms with Crippen LogP contribution < -0.4 is 10.6 Å². The predicted octanol–water partition coefficient (Wildman–Crippen LogP) is 0.805. The van der Waals surface area contributed by atoms with Gasteiger partial charge in [-0.25, -0.2) is 0 Å². The van der Waals surface area contributed by atoms with E-state index >= 15 is 0 Å². The van der Waals surface area contributed by atoms with Crippen LogP contribution in [0.3, 0.4) is 0 Å². The summed E-state index contributed by atoms with van der Waals surface area (Å²) in [5.41, 5.74) is 0. The van der Waals surface area contributed by atoms with Crippen LogP contribution in [0.1, 0.15) is 12.8 Å². The fraction of sp³-hybridized carbons (Fsp3) is 0.800. The van der Waals surface area contributed by atoms with Crippen molar-refractivity contribution in [3.8, 4) is 0 Å². The van der Waals surface area contributed by atoms with Gasteiger partial charge < -0.3 is 15.4 Å². The van der Waals surface area contributed by atoms with Crippen LogP contribution in [-0.4, -0.2) is 48.8 Å². The average molecular weight is 374 g/mol. The van der Waals surface area contributed by atoms with Crippen molar-refractivity contribution in [2.24, 2.45) is 0 Å². The normalized spacial score (nSPS) is 10.0. The number of hydrogen-bond acceptors (Lipinski definition) is 3. The van der Waals surface area contributed by atoms with Crippen LogP contribution in [0.2, 0.25) is 0 Å². The number of halogens is 2. The molecule has 0 aromatic rings. The van der Waals surface area contributed by atoms with Crippen molar-refractivity contribution < 1.29 is 14.3 Å². The van der Waals surface area contributed by atoms with Crippen LogP contribution in [0.4, 0.5) is 0 Å². The molecule has 0 bridgehead atoms. The van der Waals surface area contributed by atoms with Crippen molar-refractivity contribution in [2.75, 3.05) is 37.0 Å². The van der Waals surface area contributed by atoms with Crippen LogP contribution in [0, 0.1) is 0 Å². The zero-order valence-corrected chi connectivity index (χ0v) is 12.8. The highest BCUT2D eigenvalue weighted by Gasteiger charge is 1.97. The van der Waals surface area contributed by atoms with Crippen molar-refractivity contribution in [1.29, 1.82) is 0 Å². The molecule has 0 aromatic carbocycles. The van der Waals surface area contributed by atoms with E-state index in [0.717, 1.165) is 12.8 Å². The van der Waals surface area contributed by atoms with Crippen LogP contribution in [0.25, 0.3) is 0 Å². The summed E-state index contributed by atoms with van der Waals surface area (Å²) < 4.78 is 5.34. The molecule has 0 aliphatic heterocycles. The number of amides is 2. The van der Waals surface area contributed by atoms with Gasteiger partial charge in [0.05, 0.1) is 10.7 Å². The smallest absolute Gasteiger partial charge is 0.230 e. The SMILES string of the molecule is O=C(CBr)NCCCOCCCNC(=O)CBr. The molecule has 0 spiro atoms. The predicted molar refractivity (Wildman–Crippen MR) is 73.7 cm³/mol. The zero-order chi connectivity index (χ0) is 12.9. The fourth-order valence-electron chi connectivity index (χ4n) is 1.00. The minimum Gasteiger partial charge on any atom is -0.381 e. The van der Waals surface area contributed by atoms with Gasteiger partial charge in [-0.15, -0.1) is 0 Å². The number of hydrogen-bond donors (Lipinski definition) is 2. The maximum atomic E-state index is 10.8. The molecular weight excluding hydrogens is 356 g/mol. The lowest BCUT2D eigenvalue weighted by atomic mass is 10.4. The molecule has 0 aliphatic carbocycles. The highest BCUT2D eigenvalue weighted by molar-refractivity contribution is 9.09. The Hall–Kier alpha value is -0.140. The third-order valence-corrected chi connectivity index (χ3v) is 2.84. The lowest BCUT2D eigenvalue weighted by Crippen LogP contribution is -2.27. The van der Waals surface area contributed by atoms with Gasteiger partial charge in [-0.2, -0.15) is 0 Å². The molecule has 5 nitrogen and oxygen atoms in total. The topological polar surface area (TPSA) is 67.4 Å². The maximum absolute atomic E-state index is 10.8. The van der Waals surface area contributed by atoms with Gasteiger partial charge in [-0.1, -0.05) is 31.9 Å². The monoisotopic (exact) mass is 372 g/mol. The van der Waals surface area contributed by atoms with Crippen molar-refractivity contribution in [2.45, 2.75) is 12.8 Å². The average Bonchev–Trinajstić information content (AvgIpc) is 2.35. The fourth-order valence-corrected chi connectivity index (χ4v) is 1.40. The molecule has 2 amide bonds. The van der Waals surface area contributed by atoms with Gasteiger partial charge >= 0.3 is 0 Å². The van der Waals surface area contributed by atoms with E-state index in [1.807, 2.05) is 0 Å². The third kappa shape index (κ3) is 12.1. The van der Waals surface area contributed by atoms with Crippen molar-refractivity contribution in [3.63, 3.8) is 0 Å². The van der Waals surface area contributed by atoms with E-state index in [1.54, 1.807) is 0 Å². The van der Waals surface area contributed by atoms with Crippen molar-refractivity contribution in [3.05, 3.63) is 0 Å². The summed E-state index contributed by atoms with van der Waals surface area (Å²) in [6.45, 7) is 2.50. The summed E-state index contributed by atoms with van der Waals surface area (Å²) in [4.78, 5) is 21.7. The standard InChI is InChI=1S/C10H18Br2N2O3/c11-7-9(15)13-3-1-5-17-6-2-4-14-10(16)8-12/h1-8H2,(H,13,15)(H,14,16). The third-order valence-electron chi connectivity index (χ3n) is 1.82. The lowest BCUT2D eigenvalue weighted by Gasteiger charge is -2.06. The Bertz CT molecular complexity index is 206. The first kappa shape index (κ1) is 16.9. The molecule has 0 aliphatic rings. The molecule has 17 heavy (non-hydrogen) atoms. The van der Waals surface area contributed by atoms with E-state index in [1.165, 1.54) is 0 Å². The molecule has 100 valence electrons. The van der Waals surface area contributed by atoms with Crippen LogP contribution in [-0.2, 0) is 14.3 Å². The first-order chi connectivity index (χ1) is 8.20. The highest BCUT2D eigenvalue weighted by atomic mass is 79.9. The van der Waals surface area contributed by atoms with Gasteiger partial charge in [0, 0.05) is 26.3 Å². The molecule has 0 rings (SSSR count). The van der Waals surface area contributed by atoms with Crippen LogP contribution in [0.5, 0.6) is 0 Å². The second-order valence-electron chi connectivity index (χ2n) is 3.29. The maximum Gasteiger partial charge on any atom is 0.230 e. The molecule has 0 unspecified atom stereocenters. The number of ether oxygens (including phenoxy) is 1. The molecule has 7 heteroatoms. The molecule has 0 radical (unpaired) electrons. The van der Waals surface area contributed by atoms with Crippen LogP contribution >= 0.6 is 31.9 Å². The first-order valence-electron chi connectivity index (χ1n) is 5.43. The molecular formula is C10H18Br2N2O3. The van der Waals surface area contributed by atoms with E-state index in [4.69, 9.17) is 4.74 Å². The number of alkyl halides is 2. The second-order valence-corrected chi connectivity index (χ2v) is 4.41. The molecule has 0 heterocycles. The summed E-state index contributed by atoms with van der Waals surface area (Å²) >= 11 is 6.12. The van der Waals surface area contributed by atoms with E-state index in [9.17, 15) is 9.59 Å². The molecule has 0 aromatic heterocycles. The number of carbonyl (C=O) groups excluding carboxylic acids is 2. The highest BCUT2D eigenvalue weighted by Crippen LogP contribution is 1.86. The minimum absolute atomic E-state index is 0.0116. The van der Waals surface area contributed by atoms with Crippen molar-refractivity contribution in [1.82, 2.24) is 10.6 Å². The molecule has 0 atom stereocenters. The Balaban J connectivity index is 3.08. The Morgan fingerprint density at radius 1 is 0.882 bits per heavy atom. The Morgan fingerprint density at radius 2 is 1.29 bits per heavy atom. The van der Waals surface area contributed by atoms with E-state index in [0.29, 0.717) is 37.0 Å². The minimum atomic E-state index is -0.0116. The summed E-state index contributed by atoms with van der Waals surface area (Å²) in [6, 6.07) is 0. The number of nitrogens with one attached hydrogen (secondary N) is 2. The van der Waals surface area contributed by atoms with Gasteiger partial charge in [0.15, 0.2) is 0 Å².